The van der Waals surface area contributed by atoms with Crippen molar-refractivity contribution in [2.45, 2.75) is 6.61 Å². The van der Waals surface area contributed by atoms with Gasteiger partial charge in [0.1, 0.15) is 12.4 Å². The molecule has 3 nitrogen and oxygen atoms in total. The molecule has 6 heteroatoms. The van der Waals surface area contributed by atoms with Crippen LogP contribution in [-0.2, 0) is 6.61 Å². The van der Waals surface area contributed by atoms with Crippen LogP contribution in [0.1, 0.15) is 20.9 Å². The second kappa shape index (κ2) is 7.55. The van der Waals surface area contributed by atoms with Crippen LogP contribution < -0.4 is 4.74 Å². The van der Waals surface area contributed by atoms with Crippen molar-refractivity contribution in [1.29, 1.82) is 0 Å². The lowest BCUT2D eigenvalue weighted by Gasteiger charge is -2.04. The molecule has 0 saturated heterocycles. The van der Waals surface area contributed by atoms with Gasteiger partial charge in [-0.15, -0.1) is 22.7 Å². The first-order valence-corrected chi connectivity index (χ1v) is 8.92. The zero-order valence-electron chi connectivity index (χ0n) is 11.9. The Morgan fingerprint density at radius 2 is 2.04 bits per heavy atom. The summed E-state index contributed by atoms with van der Waals surface area (Å²) in [6.07, 6.45) is 3.33. The van der Waals surface area contributed by atoms with E-state index in [0.717, 1.165) is 17.0 Å². The van der Waals surface area contributed by atoms with Gasteiger partial charge in [0.25, 0.3) is 0 Å². The number of carbonyl (C=O) groups excluding carboxylic acids is 1. The number of ether oxygens (including phenoxy) is 1. The number of thiazole rings is 1. The van der Waals surface area contributed by atoms with Gasteiger partial charge in [-0.25, -0.2) is 4.98 Å². The van der Waals surface area contributed by atoms with E-state index in [-0.39, 0.29) is 5.78 Å². The molecule has 23 heavy (non-hydrogen) atoms. The summed E-state index contributed by atoms with van der Waals surface area (Å²) in [7, 11) is 0. The standard InChI is InChI=1S/C17H12ClNO2S2/c18-17-8-7-16(23-17)15(20)6-3-12-1-4-14(5-2-12)21-9-13-10-22-11-19-13/h1-8,10-11H,9H2/b6-3+. The van der Waals surface area contributed by atoms with Crippen molar-refractivity contribution in [2.24, 2.45) is 0 Å². The smallest absolute Gasteiger partial charge is 0.195 e. The largest absolute Gasteiger partial charge is 0.487 e. The third-order valence-corrected chi connectivity index (χ3v) is 4.87. The second-order valence-corrected chi connectivity index (χ2v) is 7.07. The first kappa shape index (κ1) is 15.9. The van der Waals surface area contributed by atoms with Crippen LogP contribution in [0.15, 0.2) is 53.4 Å². The molecule has 0 bridgehead atoms. The number of nitrogens with zero attached hydrogens (tertiary/aromatic N) is 1. The van der Waals surface area contributed by atoms with E-state index in [1.807, 2.05) is 29.6 Å². The Hall–Kier alpha value is -1.95. The first-order valence-electron chi connectivity index (χ1n) is 6.78. The van der Waals surface area contributed by atoms with Crippen LogP contribution in [0.4, 0.5) is 0 Å². The van der Waals surface area contributed by atoms with Crippen LogP contribution in [0.25, 0.3) is 6.08 Å². The minimum Gasteiger partial charge on any atom is -0.487 e. The number of aromatic nitrogens is 1. The molecule has 2 aromatic heterocycles. The molecule has 0 saturated carbocycles. The van der Waals surface area contributed by atoms with Crippen LogP contribution in [-0.4, -0.2) is 10.8 Å². The molecule has 116 valence electrons. The average molecular weight is 362 g/mol. The van der Waals surface area contributed by atoms with E-state index in [1.54, 1.807) is 41.1 Å². The van der Waals surface area contributed by atoms with Gasteiger partial charge in [-0.1, -0.05) is 29.8 Å². The predicted octanol–water partition coefficient (Wildman–Crippen LogP) is 5.33. The highest BCUT2D eigenvalue weighted by Gasteiger charge is 2.04. The zero-order chi connectivity index (χ0) is 16.1. The molecule has 0 aliphatic carbocycles. The van der Waals surface area contributed by atoms with E-state index in [4.69, 9.17) is 16.3 Å². The Balaban J connectivity index is 1.58. The second-order valence-electron chi connectivity index (χ2n) is 4.64. The maximum Gasteiger partial charge on any atom is 0.195 e. The summed E-state index contributed by atoms with van der Waals surface area (Å²) < 4.78 is 6.26. The minimum atomic E-state index is -0.0502. The Morgan fingerprint density at radius 3 is 2.70 bits per heavy atom. The fourth-order valence-electron chi connectivity index (χ4n) is 1.84. The van der Waals surface area contributed by atoms with E-state index in [9.17, 15) is 4.79 Å². The first-order chi connectivity index (χ1) is 11.2. The van der Waals surface area contributed by atoms with Crippen LogP contribution in [0.3, 0.4) is 0 Å². The fourth-order valence-corrected chi connectivity index (χ4v) is 3.35. The average Bonchev–Trinajstić information content (AvgIpc) is 3.23. The fraction of sp³-hybridized carbons (Fsp3) is 0.0588. The highest BCUT2D eigenvalue weighted by atomic mass is 35.5. The lowest BCUT2D eigenvalue weighted by Crippen LogP contribution is -1.95. The molecule has 0 atom stereocenters. The summed E-state index contributed by atoms with van der Waals surface area (Å²) in [6.45, 7) is 0.455. The van der Waals surface area contributed by atoms with E-state index < -0.39 is 0 Å². The summed E-state index contributed by atoms with van der Waals surface area (Å²) in [5, 5.41) is 1.96. The molecule has 2 heterocycles. The van der Waals surface area contributed by atoms with Gasteiger partial charge in [-0.3, -0.25) is 4.79 Å². The number of hydrogen-bond donors (Lipinski definition) is 0. The molecule has 0 aliphatic heterocycles. The third-order valence-electron chi connectivity index (χ3n) is 2.99. The molecule has 0 aliphatic rings. The SMILES string of the molecule is O=C(/C=C/c1ccc(OCc2cscn2)cc1)c1ccc(Cl)s1. The van der Waals surface area contributed by atoms with E-state index in [2.05, 4.69) is 4.98 Å². The van der Waals surface area contributed by atoms with E-state index in [0.29, 0.717) is 15.8 Å². The van der Waals surface area contributed by atoms with Gasteiger partial charge >= 0.3 is 0 Å². The van der Waals surface area contributed by atoms with Gasteiger partial charge in [0.15, 0.2) is 5.78 Å². The summed E-state index contributed by atoms with van der Waals surface area (Å²) in [6, 6.07) is 11.0. The van der Waals surface area contributed by atoms with Crippen molar-refractivity contribution in [3.05, 3.63) is 73.8 Å². The summed E-state index contributed by atoms with van der Waals surface area (Å²) in [4.78, 5) is 16.8. The molecule has 0 spiro atoms. The number of allylic oxidation sites excluding steroid dienone is 1. The Morgan fingerprint density at radius 1 is 1.22 bits per heavy atom. The van der Waals surface area contributed by atoms with Crippen molar-refractivity contribution < 1.29 is 9.53 Å². The Kier molecular flexibility index (Phi) is 5.23. The van der Waals surface area contributed by atoms with Gasteiger partial charge in [-0.05, 0) is 35.9 Å². The lowest BCUT2D eigenvalue weighted by atomic mass is 10.2. The van der Waals surface area contributed by atoms with Gasteiger partial charge < -0.3 is 4.74 Å². The van der Waals surface area contributed by atoms with Crippen molar-refractivity contribution >= 4 is 46.1 Å². The van der Waals surface area contributed by atoms with E-state index in [1.165, 1.54) is 11.3 Å². The van der Waals surface area contributed by atoms with Crippen LogP contribution in [0, 0.1) is 0 Å². The topological polar surface area (TPSA) is 39.2 Å². The van der Waals surface area contributed by atoms with E-state index >= 15 is 0 Å². The summed E-state index contributed by atoms with van der Waals surface area (Å²) in [5.74, 6) is 0.720. The monoisotopic (exact) mass is 361 g/mol. The van der Waals surface area contributed by atoms with Gasteiger partial charge in [0.2, 0.25) is 0 Å². The number of halogens is 1. The molecule has 0 N–H and O–H groups in total. The molecular formula is C17H12ClNO2S2. The van der Waals surface area contributed by atoms with Crippen LogP contribution in [0.2, 0.25) is 4.34 Å². The molecule has 0 radical (unpaired) electrons. The zero-order valence-corrected chi connectivity index (χ0v) is 14.3. The highest BCUT2D eigenvalue weighted by molar-refractivity contribution is 7.18. The predicted molar refractivity (Wildman–Crippen MR) is 95.6 cm³/mol. The Bertz CT molecular complexity index is 808. The van der Waals surface area contributed by atoms with Crippen molar-refractivity contribution in [1.82, 2.24) is 4.98 Å². The number of benzene rings is 1. The van der Waals surface area contributed by atoms with Crippen LogP contribution >= 0.6 is 34.3 Å². The van der Waals surface area contributed by atoms with Gasteiger partial charge in [-0.2, -0.15) is 0 Å². The number of ketones is 1. The van der Waals surface area contributed by atoms with Crippen molar-refractivity contribution in [3.63, 3.8) is 0 Å². The molecule has 1 aromatic carbocycles. The normalized spacial score (nSPS) is 11.0. The quantitative estimate of drug-likeness (QED) is 0.440. The molecular weight excluding hydrogens is 350 g/mol. The molecule has 0 fully saturated rings. The minimum absolute atomic E-state index is 0.0502. The molecule has 3 rings (SSSR count). The summed E-state index contributed by atoms with van der Waals surface area (Å²) >= 11 is 8.65. The number of rotatable bonds is 6. The van der Waals surface area contributed by atoms with Crippen LogP contribution in [0.5, 0.6) is 5.75 Å². The Labute approximate surface area is 146 Å². The maximum absolute atomic E-state index is 12.0. The molecule has 3 aromatic rings. The third kappa shape index (κ3) is 4.51. The van der Waals surface area contributed by atoms with Gasteiger partial charge in [0, 0.05) is 5.38 Å². The molecule has 0 unspecified atom stereocenters. The number of thiophene rings is 1. The summed E-state index contributed by atoms with van der Waals surface area (Å²) in [5.41, 5.74) is 3.63. The van der Waals surface area contributed by atoms with Gasteiger partial charge in [0.05, 0.1) is 20.4 Å². The van der Waals surface area contributed by atoms with Crippen molar-refractivity contribution in [2.75, 3.05) is 0 Å². The maximum atomic E-state index is 12.0. The number of hydrogen-bond acceptors (Lipinski definition) is 5. The number of carbonyl (C=O) groups is 1. The lowest BCUT2D eigenvalue weighted by molar-refractivity contribution is 0.105. The highest BCUT2D eigenvalue weighted by Crippen LogP contribution is 2.22. The van der Waals surface area contributed by atoms with Crippen molar-refractivity contribution in [3.8, 4) is 5.75 Å². The molecule has 0 amide bonds.